The lowest BCUT2D eigenvalue weighted by Crippen LogP contribution is -2.13. The van der Waals surface area contributed by atoms with E-state index in [-0.39, 0.29) is 0 Å². The van der Waals surface area contributed by atoms with Crippen LogP contribution in [0.2, 0.25) is 0 Å². The maximum atomic E-state index is 3.42. The van der Waals surface area contributed by atoms with E-state index in [4.69, 9.17) is 0 Å². The van der Waals surface area contributed by atoms with Gasteiger partial charge in [0.2, 0.25) is 0 Å². The summed E-state index contributed by atoms with van der Waals surface area (Å²) in [5.74, 6) is 0.716. The Bertz CT molecular complexity index is 347. The van der Waals surface area contributed by atoms with Crippen molar-refractivity contribution in [2.45, 2.75) is 51.3 Å². The molecule has 1 aromatic rings. The predicted molar refractivity (Wildman–Crippen MR) is 78.7 cm³/mol. The monoisotopic (exact) mass is 251 g/mol. The highest BCUT2D eigenvalue weighted by molar-refractivity contribution is 8.00. The van der Waals surface area contributed by atoms with Gasteiger partial charge in [0.1, 0.15) is 0 Å². The highest BCUT2D eigenvalue weighted by Crippen LogP contribution is 2.31. The Balaban J connectivity index is 2.82. The van der Waals surface area contributed by atoms with E-state index in [2.05, 4.69) is 58.1 Å². The van der Waals surface area contributed by atoms with Crippen LogP contribution < -0.4 is 5.32 Å². The summed E-state index contributed by atoms with van der Waals surface area (Å²) in [4.78, 5) is 1.43. The van der Waals surface area contributed by atoms with Gasteiger partial charge in [0.05, 0.1) is 0 Å². The van der Waals surface area contributed by atoms with Crippen molar-refractivity contribution in [1.82, 2.24) is 5.32 Å². The molecule has 1 nitrogen and oxygen atoms in total. The Kier molecular flexibility index (Phi) is 6.07. The third-order valence-electron chi connectivity index (χ3n) is 3.03. The van der Waals surface area contributed by atoms with Gasteiger partial charge in [-0.15, -0.1) is 11.8 Å². The van der Waals surface area contributed by atoms with E-state index < -0.39 is 0 Å². The van der Waals surface area contributed by atoms with Crippen LogP contribution in [-0.4, -0.2) is 11.8 Å². The summed E-state index contributed by atoms with van der Waals surface area (Å²) in [6.07, 6.45) is 0. The predicted octanol–water partition coefficient (Wildman–Crippen LogP) is 4.24. The summed E-state index contributed by atoms with van der Waals surface area (Å²) in [5, 5.41) is 4.09. The van der Waals surface area contributed by atoms with Crippen molar-refractivity contribution in [1.29, 1.82) is 0 Å². The molecule has 17 heavy (non-hydrogen) atoms. The molecular weight excluding hydrogens is 226 g/mol. The van der Waals surface area contributed by atoms with Crippen molar-refractivity contribution >= 4 is 11.8 Å². The van der Waals surface area contributed by atoms with Crippen molar-refractivity contribution in [3.8, 4) is 0 Å². The summed E-state index contributed by atoms with van der Waals surface area (Å²) in [7, 11) is 0. The Morgan fingerprint density at radius 2 is 1.94 bits per heavy atom. The molecule has 0 saturated carbocycles. The number of benzene rings is 1. The second-order valence-electron chi connectivity index (χ2n) is 4.96. The number of nitrogens with one attached hydrogen (secondary N) is 1. The largest absolute Gasteiger partial charge is 0.313 e. The zero-order valence-corrected chi connectivity index (χ0v) is 12.5. The molecule has 0 aromatic heterocycles. The fourth-order valence-corrected chi connectivity index (χ4v) is 2.66. The highest BCUT2D eigenvalue weighted by atomic mass is 32.2. The van der Waals surface area contributed by atoms with Gasteiger partial charge in [-0.2, -0.15) is 0 Å². The van der Waals surface area contributed by atoms with Gasteiger partial charge >= 0.3 is 0 Å². The number of hydrogen-bond acceptors (Lipinski definition) is 2. The van der Waals surface area contributed by atoms with Gasteiger partial charge in [-0.3, -0.25) is 0 Å². The van der Waals surface area contributed by atoms with Gasteiger partial charge < -0.3 is 5.32 Å². The minimum absolute atomic E-state index is 0.665. The molecule has 0 amide bonds. The molecule has 0 aliphatic rings. The number of aryl methyl sites for hydroxylation is 1. The molecule has 0 aliphatic heterocycles. The molecule has 1 atom stereocenters. The SMILES string of the molecule is CCNCc1cc(C)ccc1SC(C)C(C)C. The molecular formula is C15H25NS. The first-order valence-electron chi connectivity index (χ1n) is 6.51. The lowest BCUT2D eigenvalue weighted by Gasteiger charge is -2.18. The number of rotatable bonds is 6. The van der Waals surface area contributed by atoms with Gasteiger partial charge in [0, 0.05) is 16.7 Å². The fraction of sp³-hybridized carbons (Fsp3) is 0.600. The van der Waals surface area contributed by atoms with Crippen molar-refractivity contribution in [3.63, 3.8) is 0 Å². The van der Waals surface area contributed by atoms with Crippen LogP contribution in [0.5, 0.6) is 0 Å². The summed E-state index contributed by atoms with van der Waals surface area (Å²) < 4.78 is 0. The normalized spacial score (nSPS) is 13.1. The maximum Gasteiger partial charge on any atom is 0.0216 e. The lowest BCUT2D eigenvalue weighted by atomic mass is 10.1. The molecule has 2 heteroatoms. The molecule has 0 saturated heterocycles. The van der Waals surface area contributed by atoms with Crippen LogP contribution in [0, 0.1) is 12.8 Å². The zero-order chi connectivity index (χ0) is 12.8. The van der Waals surface area contributed by atoms with Gasteiger partial charge in [0.25, 0.3) is 0 Å². The van der Waals surface area contributed by atoms with Gasteiger partial charge in [0.15, 0.2) is 0 Å². The van der Waals surface area contributed by atoms with E-state index in [0.29, 0.717) is 11.2 Å². The van der Waals surface area contributed by atoms with Gasteiger partial charge in [-0.1, -0.05) is 45.4 Å². The quantitative estimate of drug-likeness (QED) is 0.759. The average Bonchev–Trinajstić information content (AvgIpc) is 2.29. The van der Waals surface area contributed by atoms with Crippen LogP contribution in [0.1, 0.15) is 38.8 Å². The first-order valence-corrected chi connectivity index (χ1v) is 7.39. The second kappa shape index (κ2) is 7.07. The zero-order valence-electron chi connectivity index (χ0n) is 11.7. The average molecular weight is 251 g/mol. The first-order chi connectivity index (χ1) is 8.04. The van der Waals surface area contributed by atoms with E-state index in [1.807, 2.05) is 11.8 Å². The Morgan fingerprint density at radius 1 is 1.24 bits per heavy atom. The Labute approximate surface area is 110 Å². The Morgan fingerprint density at radius 3 is 2.53 bits per heavy atom. The van der Waals surface area contributed by atoms with Gasteiger partial charge in [-0.25, -0.2) is 0 Å². The van der Waals surface area contributed by atoms with Crippen LogP contribution in [0.15, 0.2) is 23.1 Å². The van der Waals surface area contributed by atoms with E-state index in [9.17, 15) is 0 Å². The first kappa shape index (κ1) is 14.6. The molecule has 0 fully saturated rings. The van der Waals surface area contributed by atoms with Crippen LogP contribution in [0.25, 0.3) is 0 Å². The minimum atomic E-state index is 0.665. The lowest BCUT2D eigenvalue weighted by molar-refractivity contribution is 0.641. The molecule has 0 aliphatic carbocycles. The maximum absolute atomic E-state index is 3.42. The molecule has 1 aromatic carbocycles. The van der Waals surface area contributed by atoms with Crippen LogP contribution >= 0.6 is 11.8 Å². The molecule has 1 N–H and O–H groups in total. The summed E-state index contributed by atoms with van der Waals surface area (Å²) >= 11 is 2.00. The van der Waals surface area contributed by atoms with Gasteiger partial charge in [-0.05, 0) is 31.0 Å². The van der Waals surface area contributed by atoms with E-state index in [1.54, 1.807) is 0 Å². The van der Waals surface area contributed by atoms with E-state index in [0.717, 1.165) is 13.1 Å². The third kappa shape index (κ3) is 4.72. The van der Waals surface area contributed by atoms with Crippen molar-refractivity contribution < 1.29 is 0 Å². The van der Waals surface area contributed by atoms with Crippen LogP contribution in [0.3, 0.4) is 0 Å². The van der Waals surface area contributed by atoms with Crippen molar-refractivity contribution in [2.75, 3.05) is 6.54 Å². The smallest absolute Gasteiger partial charge is 0.0216 e. The van der Waals surface area contributed by atoms with E-state index in [1.165, 1.54) is 16.0 Å². The highest BCUT2D eigenvalue weighted by Gasteiger charge is 2.11. The topological polar surface area (TPSA) is 12.0 Å². The third-order valence-corrected chi connectivity index (χ3v) is 4.60. The summed E-state index contributed by atoms with van der Waals surface area (Å²) in [6.45, 7) is 13.2. The summed E-state index contributed by atoms with van der Waals surface area (Å²) in [6, 6.07) is 6.79. The molecule has 0 spiro atoms. The Hall–Kier alpha value is -0.470. The van der Waals surface area contributed by atoms with Crippen molar-refractivity contribution in [2.24, 2.45) is 5.92 Å². The number of hydrogen-bond donors (Lipinski definition) is 1. The minimum Gasteiger partial charge on any atom is -0.313 e. The summed E-state index contributed by atoms with van der Waals surface area (Å²) in [5.41, 5.74) is 2.78. The van der Waals surface area contributed by atoms with Crippen molar-refractivity contribution in [3.05, 3.63) is 29.3 Å². The fourth-order valence-electron chi connectivity index (χ4n) is 1.56. The molecule has 0 radical (unpaired) electrons. The van der Waals surface area contributed by atoms with Crippen LogP contribution in [-0.2, 0) is 6.54 Å². The van der Waals surface area contributed by atoms with E-state index >= 15 is 0 Å². The standard InChI is InChI=1S/C15H25NS/c1-6-16-10-14-9-12(4)7-8-15(14)17-13(5)11(2)3/h7-9,11,13,16H,6,10H2,1-5H3. The molecule has 1 rings (SSSR count). The molecule has 96 valence electrons. The number of thioether (sulfide) groups is 1. The molecule has 1 unspecified atom stereocenters. The molecule has 0 bridgehead atoms. The second-order valence-corrected chi connectivity index (χ2v) is 6.38. The van der Waals surface area contributed by atoms with Crippen LogP contribution in [0.4, 0.5) is 0 Å². The molecule has 0 heterocycles.